The number of ketones is 1. The molecular weight excluding hydrogens is 527 g/mol. The van der Waals surface area contributed by atoms with Crippen LogP contribution in [-0.2, 0) is 31.1 Å². The zero-order chi connectivity index (χ0) is 19.2. The number of aryl methyl sites for hydroxylation is 1. The van der Waals surface area contributed by atoms with Crippen molar-refractivity contribution in [3.8, 4) is 11.3 Å². The van der Waals surface area contributed by atoms with Crippen LogP contribution in [0.1, 0.15) is 25.0 Å². The molecule has 0 fully saturated rings. The molecule has 2 aromatic rings. The van der Waals surface area contributed by atoms with Crippen molar-refractivity contribution in [2.24, 2.45) is 0 Å². The van der Waals surface area contributed by atoms with E-state index in [0.29, 0.717) is 15.9 Å². The molecule has 1 aromatic heterocycles. The molecule has 0 unspecified atom stereocenters. The van der Waals surface area contributed by atoms with Gasteiger partial charge in [0.1, 0.15) is 5.69 Å². The molecule has 0 saturated carbocycles. The van der Waals surface area contributed by atoms with Crippen LogP contribution in [0.15, 0.2) is 48.4 Å². The molecular formula is C18H17F3IrNO3-. The third-order valence-electron chi connectivity index (χ3n) is 2.96. The summed E-state index contributed by atoms with van der Waals surface area (Å²) in [4.78, 5) is 10.0. The summed E-state index contributed by atoms with van der Waals surface area (Å²) in [5.41, 5.74) is 0.250. The Labute approximate surface area is 162 Å². The molecule has 2 rings (SSSR count). The molecule has 1 heterocycles. The Balaban J connectivity index is 0.000000673. The zero-order valence-electron chi connectivity index (χ0n) is 14.2. The fraction of sp³-hybridized carbons (Fsp3) is 0.222. The predicted molar refractivity (Wildman–Crippen MR) is 86.5 cm³/mol. The quantitative estimate of drug-likeness (QED) is 0.203. The van der Waals surface area contributed by atoms with Crippen LogP contribution in [0.25, 0.3) is 11.3 Å². The topological polar surface area (TPSA) is 64.2 Å². The van der Waals surface area contributed by atoms with Crippen LogP contribution in [0.4, 0.5) is 13.2 Å². The smallest absolute Gasteiger partial charge is 0.381 e. The van der Waals surface area contributed by atoms with Crippen LogP contribution >= 0.6 is 0 Å². The largest absolute Gasteiger partial charge is 0.627 e. The van der Waals surface area contributed by atoms with E-state index in [-0.39, 0.29) is 37.3 Å². The number of aromatic nitrogens is 1. The summed E-state index contributed by atoms with van der Waals surface area (Å²) in [6.07, 6.45) is -1.94. The maximum Gasteiger partial charge on any atom is 0.381 e. The number of benzene rings is 1. The van der Waals surface area contributed by atoms with Gasteiger partial charge in [-0.15, -0.1) is 23.8 Å². The van der Waals surface area contributed by atoms with Gasteiger partial charge in [0.15, 0.2) is 12.0 Å². The average molecular weight is 545 g/mol. The standard InChI is InChI=1S/C13H9F3NO.C5H8O2.Ir/c1-9-8-10(13(14,15)16)5-6-11(9)12-4-2-3-7-17(12)18;1-4(6)3-5(2)7;/h2-5,7-8H,1H3;3,6H,1-2H3;/q-1;;/b;4-3-;. The minimum absolute atomic E-state index is 0. The molecule has 0 atom stereocenters. The third kappa shape index (κ3) is 7.37. The number of aliphatic hydroxyl groups is 1. The van der Waals surface area contributed by atoms with Crippen molar-refractivity contribution < 1.29 is 47.9 Å². The summed E-state index contributed by atoms with van der Waals surface area (Å²) >= 11 is 0. The number of hydrogen-bond acceptors (Lipinski definition) is 3. The molecule has 1 N–H and O–H groups in total. The number of carbonyl (C=O) groups is 1. The van der Waals surface area contributed by atoms with Crippen LogP contribution in [-0.4, -0.2) is 10.9 Å². The van der Waals surface area contributed by atoms with Crippen molar-refractivity contribution >= 4 is 5.78 Å². The molecule has 26 heavy (non-hydrogen) atoms. The normalized spacial score (nSPS) is 11.1. The number of carbonyl (C=O) groups excluding carboxylic acids is 1. The van der Waals surface area contributed by atoms with E-state index in [9.17, 15) is 23.2 Å². The fourth-order valence-electron chi connectivity index (χ4n) is 1.97. The SMILES string of the molecule is CC(=O)/C=C(/C)O.Cc1cc(C(F)(F)F)c[c-]c1-c1cccc[n+]1[O-].[Ir]. The number of aliphatic hydroxyl groups excluding tert-OH is 1. The number of rotatable bonds is 2. The van der Waals surface area contributed by atoms with Crippen molar-refractivity contribution in [3.05, 3.63) is 70.8 Å². The third-order valence-corrected chi connectivity index (χ3v) is 2.96. The molecule has 0 amide bonds. The van der Waals surface area contributed by atoms with E-state index < -0.39 is 11.7 Å². The Morgan fingerprint density at radius 2 is 1.92 bits per heavy atom. The number of hydrogen-bond donors (Lipinski definition) is 1. The Kier molecular flexibility index (Phi) is 9.24. The zero-order valence-corrected chi connectivity index (χ0v) is 16.6. The van der Waals surface area contributed by atoms with Crippen LogP contribution < -0.4 is 4.73 Å². The number of halogens is 3. The number of allylic oxidation sites excluding steroid dienone is 2. The molecule has 0 saturated heterocycles. The van der Waals surface area contributed by atoms with Gasteiger partial charge in [0.05, 0.1) is 5.76 Å². The summed E-state index contributed by atoms with van der Waals surface area (Å²) in [5, 5.41) is 19.9. The van der Waals surface area contributed by atoms with E-state index in [1.807, 2.05) is 0 Å². The van der Waals surface area contributed by atoms with Crippen molar-refractivity contribution in [1.82, 2.24) is 0 Å². The van der Waals surface area contributed by atoms with E-state index in [2.05, 4.69) is 6.07 Å². The average Bonchev–Trinajstić information content (AvgIpc) is 2.46. The van der Waals surface area contributed by atoms with Gasteiger partial charge in [-0.2, -0.15) is 13.2 Å². The van der Waals surface area contributed by atoms with Crippen LogP contribution in [0, 0.1) is 18.2 Å². The van der Waals surface area contributed by atoms with Crippen molar-refractivity contribution in [3.63, 3.8) is 0 Å². The summed E-state index contributed by atoms with van der Waals surface area (Å²) in [7, 11) is 0. The molecule has 0 spiro atoms. The molecule has 0 aliphatic rings. The first-order chi connectivity index (χ1) is 11.5. The molecule has 1 aromatic carbocycles. The first kappa shape index (κ1) is 23.8. The van der Waals surface area contributed by atoms with Gasteiger partial charge in [-0.3, -0.25) is 4.79 Å². The van der Waals surface area contributed by atoms with Gasteiger partial charge < -0.3 is 10.3 Å². The van der Waals surface area contributed by atoms with Crippen molar-refractivity contribution in [2.75, 3.05) is 0 Å². The molecule has 8 heteroatoms. The van der Waals surface area contributed by atoms with Crippen LogP contribution in [0.3, 0.4) is 0 Å². The van der Waals surface area contributed by atoms with Gasteiger partial charge in [-0.05, 0) is 25.5 Å². The minimum atomic E-state index is -4.40. The van der Waals surface area contributed by atoms with Gasteiger partial charge in [0.25, 0.3) is 0 Å². The second-order valence-corrected chi connectivity index (χ2v) is 5.25. The Morgan fingerprint density at radius 1 is 1.31 bits per heavy atom. The first-order valence-electron chi connectivity index (χ1n) is 7.18. The molecule has 1 radical (unpaired) electrons. The Morgan fingerprint density at radius 3 is 2.31 bits per heavy atom. The number of nitrogens with zero attached hydrogens (tertiary/aromatic N) is 1. The predicted octanol–water partition coefficient (Wildman–Crippen LogP) is 4.15. The van der Waals surface area contributed by atoms with Gasteiger partial charge in [-0.1, -0.05) is 18.6 Å². The van der Waals surface area contributed by atoms with Gasteiger partial charge in [0.2, 0.25) is 0 Å². The second kappa shape index (κ2) is 10.1. The van der Waals surface area contributed by atoms with E-state index >= 15 is 0 Å². The summed E-state index contributed by atoms with van der Waals surface area (Å²) < 4.78 is 38.1. The summed E-state index contributed by atoms with van der Waals surface area (Å²) in [5.74, 6) is -0.0625. The molecule has 4 nitrogen and oxygen atoms in total. The van der Waals surface area contributed by atoms with Crippen LogP contribution in [0.2, 0.25) is 0 Å². The van der Waals surface area contributed by atoms with Gasteiger partial charge in [0, 0.05) is 32.2 Å². The maximum atomic E-state index is 12.5. The molecule has 0 aliphatic heterocycles. The van der Waals surface area contributed by atoms with Gasteiger partial charge >= 0.3 is 6.18 Å². The molecule has 0 aliphatic carbocycles. The van der Waals surface area contributed by atoms with Crippen LogP contribution in [0.5, 0.6) is 0 Å². The van der Waals surface area contributed by atoms with Gasteiger partial charge in [-0.25, -0.2) is 4.73 Å². The Bertz CT molecular complexity index is 785. The second-order valence-electron chi connectivity index (χ2n) is 5.25. The monoisotopic (exact) mass is 545 g/mol. The van der Waals surface area contributed by atoms with E-state index in [4.69, 9.17) is 5.11 Å². The fourth-order valence-corrected chi connectivity index (χ4v) is 1.97. The van der Waals surface area contributed by atoms with Crippen molar-refractivity contribution in [2.45, 2.75) is 26.9 Å². The molecule has 0 bridgehead atoms. The van der Waals surface area contributed by atoms with E-state index in [1.165, 1.54) is 33.0 Å². The first-order valence-corrected chi connectivity index (χ1v) is 7.18. The Hall–Kier alpha value is -2.18. The van der Waals surface area contributed by atoms with Crippen molar-refractivity contribution in [1.29, 1.82) is 0 Å². The minimum Gasteiger partial charge on any atom is -0.627 e. The van der Waals surface area contributed by atoms with E-state index in [0.717, 1.165) is 12.1 Å². The number of alkyl halides is 3. The molecule has 143 valence electrons. The summed E-state index contributed by atoms with van der Waals surface area (Å²) in [6, 6.07) is 9.14. The number of pyridine rings is 1. The maximum absolute atomic E-state index is 12.5. The van der Waals surface area contributed by atoms with E-state index in [1.54, 1.807) is 18.2 Å². The summed E-state index contributed by atoms with van der Waals surface area (Å²) in [6.45, 7) is 4.37.